The van der Waals surface area contributed by atoms with Gasteiger partial charge >= 0.3 is 5.97 Å². The Morgan fingerprint density at radius 1 is 0.724 bits per heavy atom. The van der Waals surface area contributed by atoms with Gasteiger partial charge in [0.1, 0.15) is 5.76 Å². The van der Waals surface area contributed by atoms with E-state index in [4.69, 9.17) is 9.47 Å². The van der Waals surface area contributed by atoms with Gasteiger partial charge in [-0.3, -0.25) is 0 Å². The van der Waals surface area contributed by atoms with E-state index in [1.807, 2.05) is 18.2 Å². The normalized spacial score (nSPS) is 16.8. The zero-order valence-electron chi connectivity index (χ0n) is 16.5. The van der Waals surface area contributed by atoms with Gasteiger partial charge in [-0.1, -0.05) is 91.0 Å². The average molecular weight is 402 g/mol. The van der Waals surface area contributed by atoms with Gasteiger partial charge in [-0.25, -0.2) is 4.79 Å². The Balaban J connectivity index is 2.12. The molecule has 0 fully saturated rings. The summed E-state index contributed by atoms with van der Waals surface area (Å²) in [6.07, 6.45) is -0.610. The molecule has 1 unspecified atom stereocenters. The highest BCUT2D eigenvalue weighted by Crippen LogP contribution is 2.45. The first kappa shape index (κ1) is 19.3. The van der Waals surface area contributed by atoms with Gasteiger partial charge in [0.25, 0.3) is 0 Å². The third-order valence-electron chi connectivity index (χ3n) is 5.04. The molecule has 29 heavy (non-hydrogen) atoms. The van der Waals surface area contributed by atoms with Gasteiger partial charge in [-0.2, -0.15) is 0 Å². The van der Waals surface area contributed by atoms with E-state index in [9.17, 15) is 4.79 Å². The van der Waals surface area contributed by atoms with E-state index in [1.165, 1.54) is 15.9 Å². The third kappa shape index (κ3) is 3.66. The van der Waals surface area contributed by atoms with E-state index >= 15 is 0 Å². The van der Waals surface area contributed by atoms with E-state index in [0.717, 1.165) is 0 Å². The molecule has 1 heterocycles. The van der Waals surface area contributed by atoms with Gasteiger partial charge in [0.15, 0.2) is 0 Å². The highest BCUT2D eigenvalue weighted by molar-refractivity contribution is 7.94. The van der Waals surface area contributed by atoms with Crippen LogP contribution in [0.1, 0.15) is 13.8 Å². The fourth-order valence-corrected chi connectivity index (χ4v) is 7.47. The number of cyclic esters (lactones) is 1. The van der Waals surface area contributed by atoms with Crippen molar-refractivity contribution in [3.63, 3.8) is 0 Å². The van der Waals surface area contributed by atoms with Crippen LogP contribution in [0.15, 0.2) is 102 Å². The summed E-state index contributed by atoms with van der Waals surface area (Å²) in [4.78, 5) is 12.3. The summed E-state index contributed by atoms with van der Waals surface area (Å²) < 4.78 is 11.2. The molecule has 0 amide bonds. The lowest BCUT2D eigenvalue weighted by atomic mass is 10.2. The summed E-state index contributed by atoms with van der Waals surface area (Å²) in [6, 6.07) is 31.4. The summed E-state index contributed by atoms with van der Waals surface area (Å²) in [7, 11) is 0. The van der Waals surface area contributed by atoms with E-state index in [2.05, 4.69) is 78.6 Å². The minimum Gasteiger partial charge on any atom is -0.454 e. The van der Waals surface area contributed by atoms with E-state index in [0.29, 0.717) is 11.3 Å². The lowest BCUT2D eigenvalue weighted by Crippen LogP contribution is -2.30. The minimum absolute atomic E-state index is 0.331. The van der Waals surface area contributed by atoms with Gasteiger partial charge in [-0.05, 0) is 35.5 Å². The van der Waals surface area contributed by atoms with Crippen LogP contribution in [-0.2, 0) is 14.3 Å². The first-order valence-corrected chi connectivity index (χ1v) is 11.5. The van der Waals surface area contributed by atoms with Gasteiger partial charge in [0, 0.05) is 6.92 Å². The summed E-state index contributed by atoms with van der Waals surface area (Å²) in [6.45, 7) is 1.27. The van der Waals surface area contributed by atoms with Crippen LogP contribution in [0.3, 0.4) is 0 Å². The minimum atomic E-state index is -2.23. The number of hydrogen-bond acceptors (Lipinski definition) is 3. The largest absolute Gasteiger partial charge is 0.454 e. The lowest BCUT2D eigenvalue weighted by Gasteiger charge is -2.31. The summed E-state index contributed by atoms with van der Waals surface area (Å²) >= 11 is 0. The maximum atomic E-state index is 12.3. The number of ether oxygens (including phenoxy) is 2. The number of benzene rings is 3. The predicted molar refractivity (Wildman–Crippen MR) is 121 cm³/mol. The zero-order chi connectivity index (χ0) is 20.3. The summed E-state index contributed by atoms with van der Waals surface area (Å²) in [5, 5.41) is 3.61. The molecule has 146 valence electrons. The van der Waals surface area contributed by atoms with Crippen molar-refractivity contribution in [3.8, 4) is 0 Å². The van der Waals surface area contributed by atoms with Crippen molar-refractivity contribution < 1.29 is 14.3 Å². The first-order chi connectivity index (χ1) is 14.1. The molecule has 3 aromatic rings. The molecule has 1 aliphatic rings. The van der Waals surface area contributed by atoms with Crippen molar-refractivity contribution in [2.45, 2.75) is 20.1 Å². The van der Waals surface area contributed by atoms with Gasteiger partial charge < -0.3 is 9.47 Å². The average Bonchev–Trinajstić information content (AvgIpc) is 2.77. The molecule has 1 aliphatic heterocycles. The molecule has 0 spiro atoms. The molecule has 3 aromatic carbocycles. The highest BCUT2D eigenvalue weighted by atomic mass is 31.2. The van der Waals surface area contributed by atoms with Crippen LogP contribution in [0.5, 0.6) is 0 Å². The molecule has 0 bridgehead atoms. The Hall–Kier alpha value is -3.03. The first-order valence-electron chi connectivity index (χ1n) is 9.61. The number of carbonyl (C=O) groups excluding carboxylic acids is 1. The zero-order valence-corrected chi connectivity index (χ0v) is 17.4. The highest BCUT2D eigenvalue weighted by Gasteiger charge is 2.30. The van der Waals surface area contributed by atoms with Gasteiger partial charge in [0.05, 0.1) is 5.57 Å². The van der Waals surface area contributed by atoms with Crippen LogP contribution < -0.4 is 15.9 Å². The van der Waals surface area contributed by atoms with Crippen LogP contribution in [0.25, 0.3) is 0 Å². The van der Waals surface area contributed by atoms with Crippen LogP contribution in [-0.4, -0.2) is 18.1 Å². The fraction of sp³-hybridized carbons (Fsp3) is 0.120. The van der Waals surface area contributed by atoms with Crippen molar-refractivity contribution in [2.24, 2.45) is 0 Å². The van der Waals surface area contributed by atoms with E-state index in [1.54, 1.807) is 13.8 Å². The SMILES string of the molecule is CC1=C(C=P(c2ccccc2)(c2ccccc2)c2ccccc2)OC(C)OC1=O. The van der Waals surface area contributed by atoms with Crippen LogP contribution in [0.2, 0.25) is 0 Å². The van der Waals surface area contributed by atoms with E-state index in [-0.39, 0.29) is 5.97 Å². The lowest BCUT2D eigenvalue weighted by molar-refractivity contribution is -0.168. The smallest absolute Gasteiger partial charge is 0.340 e. The Bertz CT molecular complexity index is 983. The third-order valence-corrected chi connectivity index (χ3v) is 9.00. The van der Waals surface area contributed by atoms with Crippen molar-refractivity contribution in [2.75, 3.05) is 0 Å². The van der Waals surface area contributed by atoms with Crippen LogP contribution in [0.4, 0.5) is 0 Å². The molecule has 4 heteroatoms. The number of hydrogen-bond donors (Lipinski definition) is 0. The molecule has 0 saturated carbocycles. The maximum Gasteiger partial charge on any atom is 0.340 e. The van der Waals surface area contributed by atoms with Gasteiger partial charge in [0.2, 0.25) is 6.29 Å². The second kappa shape index (κ2) is 8.14. The predicted octanol–water partition coefficient (Wildman–Crippen LogP) is 3.98. The molecular formula is C25H23O3P. The Morgan fingerprint density at radius 3 is 1.55 bits per heavy atom. The molecule has 0 N–H and O–H groups in total. The standard InChI is InChI=1S/C25H23O3P/c1-19-24(27-20(2)28-25(19)26)18-29(21-12-6-3-7-13-21,22-14-8-4-9-15-22)23-16-10-5-11-17-23/h3-18,20H,1-2H3. The second-order valence-corrected chi connectivity index (χ2v) is 10.2. The Kier molecular flexibility index (Phi) is 5.42. The Morgan fingerprint density at radius 2 is 1.14 bits per heavy atom. The van der Waals surface area contributed by atoms with Gasteiger partial charge in [-0.15, -0.1) is 0 Å². The van der Waals surface area contributed by atoms with Crippen molar-refractivity contribution in [1.29, 1.82) is 0 Å². The molecule has 1 atom stereocenters. The van der Waals surface area contributed by atoms with E-state index < -0.39 is 13.2 Å². The molecule has 0 aromatic heterocycles. The van der Waals surface area contributed by atoms with Crippen LogP contribution >= 0.6 is 6.89 Å². The molecule has 0 saturated heterocycles. The van der Waals surface area contributed by atoms with Crippen molar-refractivity contribution in [3.05, 3.63) is 102 Å². The topological polar surface area (TPSA) is 35.5 Å². The molecule has 0 radical (unpaired) electrons. The number of carbonyl (C=O) groups is 1. The molecular weight excluding hydrogens is 379 g/mol. The second-order valence-electron chi connectivity index (χ2n) is 6.94. The molecule has 4 rings (SSSR count). The Labute approximate surface area is 171 Å². The number of esters is 1. The van der Waals surface area contributed by atoms with Crippen LogP contribution in [0, 0.1) is 0 Å². The quantitative estimate of drug-likeness (QED) is 0.489. The van der Waals surface area contributed by atoms with Crippen molar-refractivity contribution >= 4 is 34.6 Å². The summed E-state index contributed by atoms with van der Waals surface area (Å²) in [5.41, 5.74) is 0.496. The van der Waals surface area contributed by atoms with Crippen molar-refractivity contribution in [1.82, 2.24) is 0 Å². The molecule has 0 aliphatic carbocycles. The maximum absolute atomic E-state index is 12.3. The number of rotatable bonds is 4. The molecule has 3 nitrogen and oxygen atoms in total. The number of allylic oxidation sites excluding steroid dienone is 1. The fourth-order valence-electron chi connectivity index (χ4n) is 3.59. The monoisotopic (exact) mass is 402 g/mol. The summed E-state index contributed by atoms with van der Waals surface area (Å²) in [5.74, 6) is 2.43.